The van der Waals surface area contributed by atoms with Gasteiger partial charge in [-0.3, -0.25) is 9.35 Å². The topological polar surface area (TPSA) is 124 Å². The second-order valence-corrected chi connectivity index (χ2v) is 7.93. The van der Waals surface area contributed by atoms with Crippen LogP contribution in [0.3, 0.4) is 0 Å². The van der Waals surface area contributed by atoms with Crippen molar-refractivity contribution < 1.29 is 27.3 Å². The molecule has 3 N–H and O–H groups in total. The van der Waals surface area contributed by atoms with Gasteiger partial charge in [-0.15, -0.1) is 0 Å². The van der Waals surface area contributed by atoms with Crippen LogP contribution in [0.25, 0.3) is 0 Å². The van der Waals surface area contributed by atoms with E-state index in [2.05, 4.69) is 11.7 Å². The molecule has 8 heteroatoms. The number of rotatable bonds is 15. The van der Waals surface area contributed by atoms with Crippen molar-refractivity contribution in [1.29, 1.82) is 0 Å². The third-order valence-corrected chi connectivity index (χ3v) is 4.67. The Morgan fingerprint density at radius 1 is 0.920 bits per heavy atom. The van der Waals surface area contributed by atoms with Crippen LogP contribution < -0.4 is 5.73 Å². The van der Waals surface area contributed by atoms with Crippen LogP contribution in [-0.2, 0) is 24.4 Å². The molecule has 0 saturated carbocycles. The Labute approximate surface area is 151 Å². The van der Waals surface area contributed by atoms with Crippen LogP contribution in [0.1, 0.15) is 84.0 Å². The van der Waals surface area contributed by atoms with E-state index in [1.807, 2.05) is 0 Å². The fourth-order valence-corrected chi connectivity index (χ4v) is 3.06. The number of hydrogen-bond donors (Lipinski definition) is 2. The second-order valence-electron chi connectivity index (χ2n) is 6.43. The van der Waals surface area contributed by atoms with Gasteiger partial charge < -0.3 is 10.5 Å². The fraction of sp³-hybridized carbons (Fsp3) is 0.882. The van der Waals surface area contributed by atoms with Crippen LogP contribution in [0.5, 0.6) is 0 Å². The molecule has 0 bridgehead atoms. The maximum atomic E-state index is 11.5. The lowest BCUT2D eigenvalue weighted by molar-refractivity contribution is -0.160. The SMILES string of the molecule is CCCCCCCCCCCCCC(=O)OC(=O)[C@H](N)CS(=O)(=O)O. The monoisotopic (exact) mass is 379 g/mol. The normalized spacial score (nSPS) is 12.8. The summed E-state index contributed by atoms with van der Waals surface area (Å²) in [6.45, 7) is 2.21. The highest BCUT2D eigenvalue weighted by Crippen LogP contribution is 2.12. The Bertz CT molecular complexity index is 478. The Balaban J connectivity index is 3.56. The molecule has 0 saturated heterocycles. The summed E-state index contributed by atoms with van der Waals surface area (Å²) in [4.78, 5) is 22.9. The minimum absolute atomic E-state index is 0.0986. The van der Waals surface area contributed by atoms with E-state index in [4.69, 9.17) is 10.3 Å². The first-order valence-electron chi connectivity index (χ1n) is 9.21. The summed E-state index contributed by atoms with van der Waals surface area (Å²) in [6, 6.07) is -1.56. The van der Waals surface area contributed by atoms with Gasteiger partial charge in [0.2, 0.25) is 0 Å². The van der Waals surface area contributed by atoms with Crippen LogP contribution >= 0.6 is 0 Å². The molecule has 0 aliphatic carbocycles. The van der Waals surface area contributed by atoms with Crippen molar-refractivity contribution in [2.45, 2.75) is 90.0 Å². The van der Waals surface area contributed by atoms with Crippen molar-refractivity contribution in [3.63, 3.8) is 0 Å². The average Bonchev–Trinajstić information content (AvgIpc) is 2.50. The van der Waals surface area contributed by atoms with E-state index in [1.165, 1.54) is 44.9 Å². The fourth-order valence-electron chi connectivity index (χ4n) is 2.47. The molecule has 0 aromatic rings. The Morgan fingerprint density at radius 3 is 1.80 bits per heavy atom. The van der Waals surface area contributed by atoms with Gasteiger partial charge in [-0.2, -0.15) is 8.42 Å². The summed E-state index contributed by atoms with van der Waals surface area (Å²) in [7, 11) is -4.38. The van der Waals surface area contributed by atoms with Crippen molar-refractivity contribution in [1.82, 2.24) is 0 Å². The molecule has 0 aromatic heterocycles. The van der Waals surface area contributed by atoms with Crippen molar-refractivity contribution in [2.24, 2.45) is 5.73 Å². The molecule has 7 nitrogen and oxygen atoms in total. The number of unbranched alkanes of at least 4 members (excludes halogenated alkanes) is 10. The zero-order valence-corrected chi connectivity index (χ0v) is 16.1. The number of hydrogen-bond acceptors (Lipinski definition) is 6. The van der Waals surface area contributed by atoms with Crippen LogP contribution in [0.15, 0.2) is 0 Å². The summed E-state index contributed by atoms with van der Waals surface area (Å²) < 4.78 is 34.3. The zero-order valence-electron chi connectivity index (χ0n) is 15.2. The van der Waals surface area contributed by atoms with Gasteiger partial charge in [0, 0.05) is 6.42 Å². The molecule has 0 heterocycles. The number of carbonyl (C=O) groups excluding carboxylic acids is 2. The standard InChI is InChI=1S/C17H33NO6S/c1-2-3-4-5-6-7-8-9-10-11-12-13-16(19)24-17(20)15(18)14-25(21,22)23/h15H,2-14,18H2,1H3,(H,21,22,23)/t15-/m1/s1. The van der Waals surface area contributed by atoms with Crippen LogP contribution in [-0.4, -0.2) is 36.7 Å². The first-order valence-corrected chi connectivity index (χ1v) is 10.8. The second kappa shape index (κ2) is 14.2. The first kappa shape index (κ1) is 24.0. The van der Waals surface area contributed by atoms with E-state index in [0.717, 1.165) is 19.3 Å². The third-order valence-electron chi connectivity index (χ3n) is 3.89. The molecule has 0 amide bonds. The summed E-state index contributed by atoms with van der Waals surface area (Å²) >= 11 is 0. The maximum absolute atomic E-state index is 11.5. The zero-order chi connectivity index (χ0) is 19.1. The molecule has 25 heavy (non-hydrogen) atoms. The van der Waals surface area contributed by atoms with Gasteiger partial charge >= 0.3 is 11.9 Å². The molecule has 0 aliphatic heterocycles. The predicted octanol–water partition coefficient (Wildman–Crippen LogP) is 2.97. The lowest BCUT2D eigenvalue weighted by atomic mass is 10.1. The summed E-state index contributed by atoms with van der Waals surface area (Å²) in [5.41, 5.74) is 5.25. The van der Waals surface area contributed by atoms with E-state index in [1.54, 1.807) is 0 Å². The average molecular weight is 380 g/mol. The number of esters is 2. The number of carbonyl (C=O) groups is 2. The van der Waals surface area contributed by atoms with Crippen molar-refractivity contribution >= 4 is 22.1 Å². The maximum Gasteiger partial charge on any atom is 0.331 e. The highest BCUT2D eigenvalue weighted by atomic mass is 32.2. The Kier molecular flexibility index (Phi) is 13.6. The summed E-state index contributed by atoms with van der Waals surface area (Å²) in [5.74, 6) is -2.81. The van der Waals surface area contributed by atoms with Gasteiger partial charge in [0.25, 0.3) is 10.1 Å². The van der Waals surface area contributed by atoms with E-state index >= 15 is 0 Å². The minimum Gasteiger partial charge on any atom is -0.392 e. The van der Waals surface area contributed by atoms with Crippen LogP contribution in [0.2, 0.25) is 0 Å². The summed E-state index contributed by atoms with van der Waals surface area (Å²) in [6.07, 6.45) is 12.8. The van der Waals surface area contributed by atoms with Crippen molar-refractivity contribution in [2.75, 3.05) is 5.75 Å². The minimum atomic E-state index is -4.38. The first-order chi connectivity index (χ1) is 11.8. The molecule has 148 valence electrons. The van der Waals surface area contributed by atoms with Gasteiger partial charge in [0.15, 0.2) is 0 Å². The molecule has 1 atom stereocenters. The van der Waals surface area contributed by atoms with E-state index in [9.17, 15) is 18.0 Å². The lowest BCUT2D eigenvalue weighted by Gasteiger charge is -2.08. The Hall–Kier alpha value is -0.990. The molecular formula is C17H33NO6S. The molecule has 0 aliphatic rings. The van der Waals surface area contributed by atoms with Crippen LogP contribution in [0.4, 0.5) is 0 Å². The third kappa shape index (κ3) is 16.2. The molecule has 0 spiro atoms. The smallest absolute Gasteiger partial charge is 0.331 e. The number of ether oxygens (including phenoxy) is 1. The molecule has 0 fully saturated rings. The van der Waals surface area contributed by atoms with Gasteiger partial charge in [-0.25, -0.2) is 4.79 Å². The van der Waals surface area contributed by atoms with Crippen molar-refractivity contribution in [3.8, 4) is 0 Å². The van der Waals surface area contributed by atoms with Crippen molar-refractivity contribution in [3.05, 3.63) is 0 Å². The van der Waals surface area contributed by atoms with Gasteiger partial charge in [0.1, 0.15) is 11.8 Å². The van der Waals surface area contributed by atoms with E-state index < -0.39 is 33.9 Å². The van der Waals surface area contributed by atoms with Crippen LogP contribution in [0, 0.1) is 0 Å². The quantitative estimate of drug-likeness (QED) is 0.194. The van der Waals surface area contributed by atoms with Gasteiger partial charge in [-0.1, -0.05) is 71.1 Å². The highest BCUT2D eigenvalue weighted by Gasteiger charge is 2.23. The molecular weight excluding hydrogens is 346 g/mol. The number of nitrogens with two attached hydrogens (primary N) is 1. The lowest BCUT2D eigenvalue weighted by Crippen LogP contribution is -2.39. The molecule has 0 unspecified atom stereocenters. The summed E-state index contributed by atoms with van der Waals surface area (Å²) in [5, 5.41) is 0. The Morgan fingerprint density at radius 2 is 1.36 bits per heavy atom. The molecule has 0 aromatic carbocycles. The highest BCUT2D eigenvalue weighted by molar-refractivity contribution is 7.85. The predicted molar refractivity (Wildman–Crippen MR) is 96.6 cm³/mol. The van der Waals surface area contributed by atoms with Gasteiger partial charge in [0.05, 0.1) is 0 Å². The van der Waals surface area contributed by atoms with Gasteiger partial charge in [-0.05, 0) is 6.42 Å². The molecule has 0 radical (unpaired) electrons. The van der Waals surface area contributed by atoms with E-state index in [-0.39, 0.29) is 6.42 Å². The largest absolute Gasteiger partial charge is 0.392 e. The van der Waals surface area contributed by atoms with E-state index in [0.29, 0.717) is 6.42 Å². The molecule has 0 rings (SSSR count).